The maximum atomic E-state index is 13.6. The summed E-state index contributed by atoms with van der Waals surface area (Å²) in [7, 11) is 0. The van der Waals surface area contributed by atoms with Gasteiger partial charge in [-0.1, -0.05) is 29.8 Å². The lowest BCUT2D eigenvalue weighted by Gasteiger charge is -2.40. The number of benzene rings is 2. The molecule has 206 valence electrons. The molecule has 0 atom stereocenters. The predicted octanol–water partition coefficient (Wildman–Crippen LogP) is 5.13. The zero-order valence-electron chi connectivity index (χ0n) is 21.6. The van der Waals surface area contributed by atoms with Crippen LogP contribution in [0.25, 0.3) is 10.8 Å². The SMILES string of the molecule is NCCCC(=O)N1CCC(COC(=O)Nc2cc3cc(F)ccc3cn2)(C(=O)CCc2ccccc2Cl)CC1. The smallest absolute Gasteiger partial charge is 0.412 e. The Morgan fingerprint density at radius 3 is 2.59 bits per heavy atom. The van der Waals surface area contributed by atoms with E-state index >= 15 is 0 Å². The number of rotatable bonds is 10. The summed E-state index contributed by atoms with van der Waals surface area (Å²) < 4.78 is 19.2. The largest absolute Gasteiger partial charge is 0.448 e. The van der Waals surface area contributed by atoms with Crippen molar-refractivity contribution < 1.29 is 23.5 Å². The Morgan fingerprint density at radius 2 is 1.85 bits per heavy atom. The molecule has 0 aliphatic carbocycles. The monoisotopic (exact) mass is 554 g/mol. The molecule has 10 heteroatoms. The highest BCUT2D eigenvalue weighted by Crippen LogP contribution is 2.35. The first-order valence-corrected chi connectivity index (χ1v) is 13.4. The zero-order chi connectivity index (χ0) is 27.8. The second-order valence-electron chi connectivity index (χ2n) is 9.83. The highest BCUT2D eigenvalue weighted by Gasteiger charge is 2.42. The van der Waals surface area contributed by atoms with Crippen LogP contribution in [0.15, 0.2) is 54.7 Å². The van der Waals surface area contributed by atoms with Gasteiger partial charge in [0, 0.05) is 42.5 Å². The minimum Gasteiger partial charge on any atom is -0.448 e. The number of aryl methyl sites for hydroxylation is 1. The summed E-state index contributed by atoms with van der Waals surface area (Å²) in [5.41, 5.74) is 5.48. The van der Waals surface area contributed by atoms with Gasteiger partial charge < -0.3 is 15.4 Å². The summed E-state index contributed by atoms with van der Waals surface area (Å²) in [6.07, 6.45) is 3.19. The number of hydrogen-bond donors (Lipinski definition) is 2. The average molecular weight is 555 g/mol. The molecule has 2 amide bonds. The molecule has 0 bridgehead atoms. The Kier molecular flexibility index (Phi) is 9.48. The fourth-order valence-corrected chi connectivity index (χ4v) is 5.07. The number of carbonyl (C=O) groups excluding carboxylic acids is 3. The number of nitrogens with zero attached hydrogens (tertiary/aromatic N) is 2. The van der Waals surface area contributed by atoms with Crippen molar-refractivity contribution in [3.05, 3.63) is 71.1 Å². The maximum absolute atomic E-state index is 13.6. The Labute approximate surface area is 231 Å². The standard InChI is InChI=1S/C29H32ClFN4O4/c30-24-5-2-1-4-20(24)8-10-25(36)29(11-14-35(15-12-29)27(37)6-3-13-32)19-39-28(38)34-26-17-22-16-23(31)9-7-21(22)18-33-26/h1-2,4-5,7,9,16-18H,3,6,8,10-15,19,32H2,(H,33,34,38). The predicted molar refractivity (Wildman–Crippen MR) is 148 cm³/mol. The van der Waals surface area contributed by atoms with Crippen molar-refractivity contribution >= 4 is 46.0 Å². The third-order valence-corrected chi connectivity index (χ3v) is 7.60. The molecule has 1 aliphatic heterocycles. The van der Waals surface area contributed by atoms with Crippen LogP contribution in [0.4, 0.5) is 15.0 Å². The number of fused-ring (bicyclic) bond motifs is 1. The number of anilines is 1. The van der Waals surface area contributed by atoms with Crippen LogP contribution < -0.4 is 11.1 Å². The summed E-state index contributed by atoms with van der Waals surface area (Å²) in [5, 5.41) is 4.47. The number of amides is 2. The Balaban J connectivity index is 1.43. The number of piperidine rings is 1. The first kappa shape index (κ1) is 28.4. The number of pyridine rings is 1. The number of nitrogens with one attached hydrogen (secondary N) is 1. The Morgan fingerprint density at radius 1 is 1.08 bits per heavy atom. The van der Waals surface area contributed by atoms with Crippen molar-refractivity contribution in [3.63, 3.8) is 0 Å². The van der Waals surface area contributed by atoms with E-state index in [-0.39, 0.29) is 30.5 Å². The number of likely N-dealkylation sites (tertiary alicyclic amines) is 1. The van der Waals surface area contributed by atoms with Gasteiger partial charge in [-0.05, 0) is 73.5 Å². The third kappa shape index (κ3) is 7.30. The summed E-state index contributed by atoms with van der Waals surface area (Å²) in [6.45, 7) is 1.09. The minimum atomic E-state index is -0.927. The van der Waals surface area contributed by atoms with Crippen LogP contribution in [0.2, 0.25) is 5.02 Å². The molecule has 1 saturated heterocycles. The van der Waals surface area contributed by atoms with Crippen molar-refractivity contribution in [1.29, 1.82) is 0 Å². The molecule has 0 unspecified atom stereocenters. The van der Waals surface area contributed by atoms with Gasteiger partial charge in [-0.3, -0.25) is 14.9 Å². The van der Waals surface area contributed by atoms with E-state index < -0.39 is 17.3 Å². The number of halogens is 2. The van der Waals surface area contributed by atoms with Crippen LogP contribution in [0, 0.1) is 11.2 Å². The summed E-state index contributed by atoms with van der Waals surface area (Å²) in [5.74, 6) is -0.219. The molecule has 4 rings (SSSR count). The zero-order valence-corrected chi connectivity index (χ0v) is 22.4. The van der Waals surface area contributed by atoms with E-state index in [1.165, 1.54) is 18.3 Å². The summed E-state index contributed by atoms with van der Waals surface area (Å²) in [4.78, 5) is 44.7. The molecule has 1 aliphatic rings. The Bertz CT molecular complexity index is 1340. The number of ketones is 1. The van der Waals surface area contributed by atoms with E-state index in [0.29, 0.717) is 62.1 Å². The van der Waals surface area contributed by atoms with Gasteiger partial charge in [0.25, 0.3) is 0 Å². The lowest BCUT2D eigenvalue weighted by Crippen LogP contribution is -2.49. The van der Waals surface area contributed by atoms with Gasteiger partial charge in [0.05, 0.1) is 5.41 Å². The van der Waals surface area contributed by atoms with Crippen molar-refractivity contribution in [2.24, 2.45) is 11.1 Å². The van der Waals surface area contributed by atoms with Crippen molar-refractivity contribution in [1.82, 2.24) is 9.88 Å². The number of aromatic nitrogens is 1. The number of carbonyl (C=O) groups is 3. The molecule has 2 heterocycles. The molecule has 3 N–H and O–H groups in total. The molecular formula is C29H32ClFN4O4. The molecule has 1 fully saturated rings. The molecule has 8 nitrogen and oxygen atoms in total. The fraction of sp³-hybridized carbons (Fsp3) is 0.379. The van der Waals surface area contributed by atoms with E-state index in [4.69, 9.17) is 22.1 Å². The van der Waals surface area contributed by atoms with E-state index in [9.17, 15) is 18.8 Å². The van der Waals surface area contributed by atoms with E-state index in [1.54, 1.807) is 23.1 Å². The normalized spacial score (nSPS) is 14.7. The van der Waals surface area contributed by atoms with Gasteiger partial charge in [-0.2, -0.15) is 0 Å². The second kappa shape index (κ2) is 13.0. The molecule has 2 aromatic carbocycles. The lowest BCUT2D eigenvalue weighted by molar-refractivity contribution is -0.141. The van der Waals surface area contributed by atoms with Gasteiger partial charge in [0.15, 0.2) is 0 Å². The average Bonchev–Trinajstić information content (AvgIpc) is 2.94. The first-order valence-electron chi connectivity index (χ1n) is 13.0. The summed E-state index contributed by atoms with van der Waals surface area (Å²) >= 11 is 6.28. The molecule has 3 aromatic rings. The molecule has 39 heavy (non-hydrogen) atoms. The highest BCUT2D eigenvalue weighted by molar-refractivity contribution is 6.31. The van der Waals surface area contributed by atoms with Crippen LogP contribution in [-0.2, 0) is 20.7 Å². The minimum absolute atomic E-state index is 0.00930. The topological polar surface area (TPSA) is 115 Å². The summed E-state index contributed by atoms with van der Waals surface area (Å²) in [6, 6.07) is 13.2. The van der Waals surface area contributed by atoms with Crippen molar-refractivity contribution in [3.8, 4) is 0 Å². The number of nitrogens with two attached hydrogens (primary N) is 1. The van der Waals surface area contributed by atoms with Crippen LogP contribution in [-0.4, -0.2) is 53.9 Å². The quantitative estimate of drug-likeness (QED) is 0.359. The van der Waals surface area contributed by atoms with Gasteiger partial charge in [0.2, 0.25) is 5.91 Å². The Hall–Kier alpha value is -3.56. The first-order chi connectivity index (χ1) is 18.8. The highest BCUT2D eigenvalue weighted by atomic mass is 35.5. The third-order valence-electron chi connectivity index (χ3n) is 7.23. The van der Waals surface area contributed by atoms with Gasteiger partial charge in [-0.15, -0.1) is 0 Å². The van der Waals surface area contributed by atoms with E-state index in [1.807, 2.05) is 18.2 Å². The van der Waals surface area contributed by atoms with Crippen molar-refractivity contribution in [2.75, 3.05) is 31.6 Å². The van der Waals surface area contributed by atoms with Crippen LogP contribution in [0.3, 0.4) is 0 Å². The number of ether oxygens (including phenoxy) is 1. The van der Waals surface area contributed by atoms with E-state index in [2.05, 4.69) is 10.3 Å². The lowest BCUT2D eigenvalue weighted by atomic mass is 9.73. The van der Waals surface area contributed by atoms with Crippen LogP contribution >= 0.6 is 11.6 Å². The van der Waals surface area contributed by atoms with Crippen molar-refractivity contribution in [2.45, 2.75) is 38.5 Å². The number of Topliss-reactive ketones (excluding diaryl/α,β-unsaturated/α-hetero) is 1. The molecule has 0 saturated carbocycles. The molecular weight excluding hydrogens is 523 g/mol. The van der Waals surface area contributed by atoms with Gasteiger partial charge in [-0.25, -0.2) is 14.2 Å². The van der Waals surface area contributed by atoms with Crippen LogP contribution in [0.1, 0.15) is 37.7 Å². The second-order valence-corrected chi connectivity index (χ2v) is 10.2. The maximum Gasteiger partial charge on any atom is 0.412 e. The van der Waals surface area contributed by atoms with Gasteiger partial charge >= 0.3 is 6.09 Å². The molecule has 0 radical (unpaired) electrons. The van der Waals surface area contributed by atoms with Crippen LogP contribution in [0.5, 0.6) is 0 Å². The molecule has 1 aromatic heterocycles. The van der Waals surface area contributed by atoms with Gasteiger partial charge in [0.1, 0.15) is 24.0 Å². The fourth-order valence-electron chi connectivity index (χ4n) is 4.84. The van der Waals surface area contributed by atoms with E-state index in [0.717, 1.165) is 10.9 Å². The molecule has 0 spiro atoms. The number of hydrogen-bond acceptors (Lipinski definition) is 6.